The molecule has 36 heavy (non-hydrogen) atoms. The van der Waals surface area contributed by atoms with Gasteiger partial charge in [0.15, 0.2) is 11.5 Å². The largest absolute Gasteiger partial charge is 0.444 e. The molecule has 1 fully saturated rings. The van der Waals surface area contributed by atoms with Gasteiger partial charge in [0.25, 0.3) is 5.91 Å². The Labute approximate surface area is 213 Å². The lowest BCUT2D eigenvalue weighted by Gasteiger charge is -2.37. The highest BCUT2D eigenvalue weighted by molar-refractivity contribution is 6.29. The van der Waals surface area contributed by atoms with Gasteiger partial charge in [0.1, 0.15) is 16.4 Å². The third-order valence-electron chi connectivity index (χ3n) is 5.92. The molecule has 4 heterocycles. The Balaban J connectivity index is 1.58. The van der Waals surface area contributed by atoms with E-state index in [1.165, 1.54) is 6.20 Å². The van der Waals surface area contributed by atoms with Crippen molar-refractivity contribution in [1.82, 2.24) is 24.3 Å². The highest BCUT2D eigenvalue weighted by Gasteiger charge is 2.37. The molecular formula is C24H27ClN8O3. The first kappa shape index (κ1) is 25.2. The number of fused-ring (bicyclic) bond motifs is 1. The number of anilines is 1. The number of primary amides is 1. The topological polar surface area (TPSA) is 152 Å². The molecule has 3 N–H and O–H groups in total. The van der Waals surface area contributed by atoms with Crippen molar-refractivity contribution in [2.75, 3.05) is 25.0 Å². The SMILES string of the molecule is CC(C)(C)OC(=O)N1CCC(C#N)(CNc2nc(-c3ccnc(Cl)c3)cn3cc(C(N)=O)nc23)CC1. The first-order valence-electron chi connectivity index (χ1n) is 11.4. The maximum Gasteiger partial charge on any atom is 0.410 e. The molecule has 0 unspecified atom stereocenters. The average Bonchev–Trinajstić information content (AvgIpc) is 3.27. The van der Waals surface area contributed by atoms with Crippen molar-refractivity contribution >= 4 is 35.1 Å². The Morgan fingerprint density at radius 1 is 1.28 bits per heavy atom. The Bertz CT molecular complexity index is 1350. The first-order valence-corrected chi connectivity index (χ1v) is 11.8. The third kappa shape index (κ3) is 5.49. The number of nitrogens with zero attached hydrogens (tertiary/aromatic N) is 6. The number of amides is 2. The van der Waals surface area contributed by atoms with Crippen molar-refractivity contribution in [2.24, 2.45) is 11.1 Å². The summed E-state index contributed by atoms with van der Waals surface area (Å²) in [6.45, 7) is 6.53. The highest BCUT2D eigenvalue weighted by Crippen LogP contribution is 2.33. The predicted octanol–water partition coefficient (Wildman–Crippen LogP) is 3.50. The molecule has 12 heteroatoms. The smallest absolute Gasteiger partial charge is 0.410 e. The molecule has 3 aromatic heterocycles. The van der Waals surface area contributed by atoms with E-state index in [1.54, 1.807) is 33.8 Å². The summed E-state index contributed by atoms with van der Waals surface area (Å²) in [7, 11) is 0. The van der Waals surface area contributed by atoms with E-state index in [-0.39, 0.29) is 18.3 Å². The Kier molecular flexibility index (Phi) is 6.73. The number of hydrogen-bond donors (Lipinski definition) is 2. The van der Waals surface area contributed by atoms with Crippen LogP contribution in [0.25, 0.3) is 16.9 Å². The minimum atomic E-state index is -0.730. The number of imidazole rings is 1. The molecule has 1 saturated heterocycles. The van der Waals surface area contributed by atoms with Gasteiger partial charge in [-0.3, -0.25) is 4.79 Å². The zero-order valence-corrected chi connectivity index (χ0v) is 21.0. The number of piperidine rings is 1. The number of carbonyl (C=O) groups is 2. The van der Waals surface area contributed by atoms with Crippen molar-refractivity contribution in [2.45, 2.75) is 39.2 Å². The molecule has 1 aliphatic heterocycles. The zero-order chi connectivity index (χ0) is 26.1. The van der Waals surface area contributed by atoms with Gasteiger partial charge >= 0.3 is 6.09 Å². The highest BCUT2D eigenvalue weighted by atomic mass is 35.5. The summed E-state index contributed by atoms with van der Waals surface area (Å²) in [5.74, 6) is -0.279. The van der Waals surface area contributed by atoms with E-state index in [0.29, 0.717) is 48.2 Å². The summed E-state index contributed by atoms with van der Waals surface area (Å²) >= 11 is 6.06. The van der Waals surface area contributed by atoms with Gasteiger partial charge in [0.05, 0.1) is 17.2 Å². The maximum absolute atomic E-state index is 12.4. The standard InChI is InChI=1S/C24H27ClN8O3/c1-23(2,3)36-22(35)32-8-5-24(13-26,6-9-32)14-29-20-21-31-17(19(27)34)12-33(21)11-16(30-20)15-4-7-28-18(25)10-15/h4,7,10-12H,5-6,8-9,14H2,1-3H3,(H2,27,34)(H,29,30). The number of ether oxygens (including phenoxy) is 1. The summed E-state index contributed by atoms with van der Waals surface area (Å²) in [5.41, 5.74) is 5.89. The van der Waals surface area contributed by atoms with E-state index in [4.69, 9.17) is 27.1 Å². The second-order valence-electron chi connectivity index (χ2n) is 9.78. The van der Waals surface area contributed by atoms with Gasteiger partial charge in [-0.05, 0) is 45.7 Å². The van der Waals surface area contributed by atoms with Crippen LogP contribution >= 0.6 is 11.6 Å². The molecule has 2 amide bonds. The lowest BCUT2D eigenvalue weighted by Crippen LogP contribution is -2.46. The van der Waals surface area contributed by atoms with Crippen LogP contribution < -0.4 is 11.1 Å². The van der Waals surface area contributed by atoms with Crippen molar-refractivity contribution in [3.8, 4) is 17.3 Å². The number of hydrogen-bond acceptors (Lipinski definition) is 8. The minimum Gasteiger partial charge on any atom is -0.444 e. The summed E-state index contributed by atoms with van der Waals surface area (Å²) in [6.07, 6.45) is 5.36. The quantitative estimate of drug-likeness (QED) is 0.495. The Morgan fingerprint density at radius 3 is 2.61 bits per heavy atom. The molecule has 0 aliphatic carbocycles. The minimum absolute atomic E-state index is 0.0884. The number of nitriles is 1. The van der Waals surface area contributed by atoms with Crippen molar-refractivity contribution in [3.63, 3.8) is 0 Å². The molecular weight excluding hydrogens is 484 g/mol. The van der Waals surface area contributed by atoms with E-state index in [1.807, 2.05) is 20.8 Å². The number of halogens is 1. The Morgan fingerprint density at radius 2 is 2.00 bits per heavy atom. The molecule has 0 radical (unpaired) electrons. The van der Waals surface area contributed by atoms with E-state index < -0.39 is 16.9 Å². The molecule has 0 atom stereocenters. The van der Waals surface area contributed by atoms with Gasteiger partial charge < -0.3 is 25.1 Å². The van der Waals surface area contributed by atoms with E-state index in [2.05, 4.69) is 21.4 Å². The fourth-order valence-electron chi connectivity index (χ4n) is 3.96. The van der Waals surface area contributed by atoms with Crippen LogP contribution in [0.15, 0.2) is 30.7 Å². The van der Waals surface area contributed by atoms with Gasteiger partial charge in [-0.1, -0.05) is 11.6 Å². The van der Waals surface area contributed by atoms with Crippen LogP contribution in [0.5, 0.6) is 0 Å². The van der Waals surface area contributed by atoms with Gasteiger partial charge in [-0.2, -0.15) is 5.26 Å². The van der Waals surface area contributed by atoms with E-state index in [0.717, 1.165) is 5.56 Å². The van der Waals surface area contributed by atoms with Gasteiger partial charge in [-0.25, -0.2) is 19.7 Å². The lowest BCUT2D eigenvalue weighted by atomic mass is 9.80. The van der Waals surface area contributed by atoms with E-state index >= 15 is 0 Å². The van der Waals surface area contributed by atoms with Crippen LogP contribution in [0.1, 0.15) is 44.1 Å². The number of carbonyl (C=O) groups excluding carboxylic acids is 2. The van der Waals surface area contributed by atoms with Gasteiger partial charge in [-0.15, -0.1) is 0 Å². The first-order chi connectivity index (χ1) is 17.0. The number of pyridine rings is 1. The van der Waals surface area contributed by atoms with Crippen LogP contribution in [0.2, 0.25) is 5.15 Å². The molecule has 0 spiro atoms. The zero-order valence-electron chi connectivity index (χ0n) is 20.3. The van der Waals surface area contributed by atoms with Crippen LogP contribution in [-0.4, -0.2) is 61.5 Å². The van der Waals surface area contributed by atoms with E-state index in [9.17, 15) is 14.9 Å². The van der Waals surface area contributed by atoms with Gasteiger partial charge in [0.2, 0.25) is 0 Å². The summed E-state index contributed by atoms with van der Waals surface area (Å²) in [4.78, 5) is 38.8. The lowest BCUT2D eigenvalue weighted by molar-refractivity contribution is 0.0156. The average molecular weight is 511 g/mol. The number of likely N-dealkylation sites (tertiary alicyclic amines) is 1. The monoisotopic (exact) mass is 510 g/mol. The molecule has 0 bridgehead atoms. The van der Waals surface area contributed by atoms with Crippen LogP contribution in [0.4, 0.5) is 10.6 Å². The van der Waals surface area contributed by atoms with Gasteiger partial charge in [0, 0.05) is 43.8 Å². The van der Waals surface area contributed by atoms with Crippen LogP contribution in [0.3, 0.4) is 0 Å². The molecule has 0 aromatic carbocycles. The molecule has 4 rings (SSSR count). The molecule has 1 aliphatic rings. The number of nitrogens with one attached hydrogen (secondary N) is 1. The summed E-state index contributed by atoms with van der Waals surface area (Å²) < 4.78 is 7.11. The predicted molar refractivity (Wildman–Crippen MR) is 133 cm³/mol. The molecule has 3 aromatic rings. The normalized spacial score (nSPS) is 15.4. The number of aromatic nitrogens is 4. The summed E-state index contributed by atoms with van der Waals surface area (Å²) in [6, 6.07) is 5.86. The molecule has 188 valence electrons. The number of nitrogens with two attached hydrogens (primary N) is 1. The van der Waals surface area contributed by atoms with Crippen molar-refractivity contribution < 1.29 is 14.3 Å². The third-order valence-corrected chi connectivity index (χ3v) is 6.12. The molecule has 0 saturated carbocycles. The fraction of sp³-hybridized carbons (Fsp3) is 0.417. The second kappa shape index (κ2) is 9.62. The number of rotatable bonds is 5. The van der Waals surface area contributed by atoms with Crippen LogP contribution in [-0.2, 0) is 4.74 Å². The fourth-order valence-corrected chi connectivity index (χ4v) is 4.14. The maximum atomic E-state index is 12.4. The van der Waals surface area contributed by atoms with Crippen molar-refractivity contribution in [3.05, 3.63) is 41.6 Å². The second-order valence-corrected chi connectivity index (χ2v) is 10.2. The van der Waals surface area contributed by atoms with Crippen molar-refractivity contribution in [1.29, 1.82) is 5.26 Å². The Hall–Kier alpha value is -3.91. The summed E-state index contributed by atoms with van der Waals surface area (Å²) in [5, 5.41) is 13.6. The van der Waals surface area contributed by atoms with Crippen LogP contribution in [0, 0.1) is 16.7 Å². The molecule has 11 nitrogen and oxygen atoms in total.